The van der Waals surface area contributed by atoms with Crippen LogP contribution in [-0.4, -0.2) is 31.5 Å². The molecule has 1 aromatic carbocycles. The van der Waals surface area contributed by atoms with Crippen LogP contribution in [0.2, 0.25) is 0 Å². The largest absolute Gasteiger partial charge is 0.352 e. The van der Waals surface area contributed by atoms with Crippen molar-refractivity contribution in [2.45, 2.75) is 33.0 Å². The van der Waals surface area contributed by atoms with E-state index in [-0.39, 0.29) is 11.3 Å². The fraction of sp³-hybridized carbons (Fsp3) is 0.562. The van der Waals surface area contributed by atoms with E-state index in [4.69, 9.17) is 9.47 Å². The number of rotatable bonds is 4. The van der Waals surface area contributed by atoms with Crippen LogP contribution in [0, 0.1) is 5.41 Å². The third-order valence-electron chi connectivity index (χ3n) is 3.44. The number of benzene rings is 1. The summed E-state index contributed by atoms with van der Waals surface area (Å²) in [5.74, 6) is -0.662. The molecule has 20 heavy (non-hydrogen) atoms. The molecule has 0 bridgehead atoms. The molecular weight excluding hydrogens is 254 g/mol. The molecule has 0 saturated carbocycles. The van der Waals surface area contributed by atoms with Crippen LogP contribution in [0.3, 0.4) is 0 Å². The topological polar surface area (TPSA) is 47.6 Å². The molecule has 0 radical (unpaired) electrons. The average molecular weight is 277 g/mol. The van der Waals surface area contributed by atoms with Gasteiger partial charge in [0, 0.05) is 23.9 Å². The number of nitrogens with one attached hydrogen (secondary N) is 1. The summed E-state index contributed by atoms with van der Waals surface area (Å²) in [5.41, 5.74) is 0.733. The van der Waals surface area contributed by atoms with Gasteiger partial charge in [0.05, 0.1) is 13.2 Å². The van der Waals surface area contributed by atoms with Gasteiger partial charge in [-0.05, 0) is 19.1 Å². The predicted molar refractivity (Wildman–Crippen MR) is 77.5 cm³/mol. The quantitative estimate of drug-likeness (QED) is 0.920. The van der Waals surface area contributed by atoms with Gasteiger partial charge >= 0.3 is 0 Å². The summed E-state index contributed by atoms with van der Waals surface area (Å²) in [6.45, 7) is 8.04. The lowest BCUT2D eigenvalue weighted by molar-refractivity contribution is -0.291. The summed E-state index contributed by atoms with van der Waals surface area (Å²) in [5, 5.41) is 2.89. The van der Waals surface area contributed by atoms with E-state index in [0.29, 0.717) is 31.7 Å². The second kappa shape index (κ2) is 5.94. The molecular formula is C16H23NO3. The summed E-state index contributed by atoms with van der Waals surface area (Å²) >= 11 is 0. The summed E-state index contributed by atoms with van der Waals surface area (Å²) in [4.78, 5) is 11.9. The van der Waals surface area contributed by atoms with Crippen LogP contribution in [0.1, 0.15) is 37.6 Å². The van der Waals surface area contributed by atoms with Crippen LogP contribution in [-0.2, 0) is 9.47 Å². The third-order valence-corrected chi connectivity index (χ3v) is 3.44. The third kappa shape index (κ3) is 4.05. The first-order valence-electron chi connectivity index (χ1n) is 7.01. The van der Waals surface area contributed by atoms with E-state index in [1.807, 2.05) is 25.1 Å². The lowest BCUT2D eigenvalue weighted by Gasteiger charge is -2.41. The van der Waals surface area contributed by atoms with Gasteiger partial charge in [0.25, 0.3) is 5.91 Å². The van der Waals surface area contributed by atoms with Crippen LogP contribution >= 0.6 is 0 Å². The molecule has 1 amide bonds. The Morgan fingerprint density at radius 2 is 1.75 bits per heavy atom. The monoisotopic (exact) mass is 277 g/mol. The normalized spacial score (nSPS) is 20.4. The molecule has 2 rings (SSSR count). The van der Waals surface area contributed by atoms with E-state index in [1.54, 1.807) is 12.1 Å². The molecule has 1 aliphatic heterocycles. The highest BCUT2D eigenvalue weighted by Gasteiger charge is 2.36. The van der Waals surface area contributed by atoms with E-state index in [9.17, 15) is 4.79 Å². The number of carbonyl (C=O) groups is 1. The molecule has 110 valence electrons. The molecule has 1 saturated heterocycles. The van der Waals surface area contributed by atoms with Crippen molar-refractivity contribution in [2.75, 3.05) is 19.8 Å². The van der Waals surface area contributed by atoms with E-state index in [2.05, 4.69) is 19.2 Å². The lowest BCUT2D eigenvalue weighted by atomic mass is 9.94. The Hall–Kier alpha value is -1.39. The van der Waals surface area contributed by atoms with E-state index >= 15 is 0 Å². The van der Waals surface area contributed by atoms with Crippen molar-refractivity contribution in [1.29, 1.82) is 0 Å². The SMILES string of the molecule is CC1(C)COC(C)(CCNC(=O)c2ccccc2)OC1. The highest BCUT2D eigenvalue weighted by molar-refractivity contribution is 5.94. The molecule has 0 atom stereocenters. The zero-order valence-electron chi connectivity index (χ0n) is 12.4. The van der Waals surface area contributed by atoms with Crippen LogP contribution < -0.4 is 5.32 Å². The lowest BCUT2D eigenvalue weighted by Crippen LogP contribution is -2.47. The van der Waals surface area contributed by atoms with Crippen molar-refractivity contribution < 1.29 is 14.3 Å². The molecule has 4 heteroatoms. The minimum Gasteiger partial charge on any atom is -0.352 e. The van der Waals surface area contributed by atoms with Gasteiger partial charge in [0.1, 0.15) is 0 Å². The van der Waals surface area contributed by atoms with Crippen molar-refractivity contribution in [1.82, 2.24) is 5.32 Å². The smallest absolute Gasteiger partial charge is 0.251 e. The highest BCUT2D eigenvalue weighted by atomic mass is 16.7. The maximum absolute atomic E-state index is 11.9. The first-order chi connectivity index (χ1) is 9.40. The van der Waals surface area contributed by atoms with Gasteiger partial charge in [-0.25, -0.2) is 0 Å². The minimum absolute atomic E-state index is 0.0623. The maximum Gasteiger partial charge on any atom is 0.251 e. The Bertz CT molecular complexity index is 446. The fourth-order valence-electron chi connectivity index (χ4n) is 2.02. The van der Waals surface area contributed by atoms with Crippen LogP contribution in [0.5, 0.6) is 0 Å². The van der Waals surface area contributed by atoms with Crippen LogP contribution in [0.15, 0.2) is 30.3 Å². The molecule has 1 fully saturated rings. The molecule has 0 aliphatic carbocycles. The van der Waals surface area contributed by atoms with Gasteiger partial charge in [-0.15, -0.1) is 0 Å². The highest BCUT2D eigenvalue weighted by Crippen LogP contribution is 2.30. The van der Waals surface area contributed by atoms with Gasteiger partial charge in [-0.1, -0.05) is 32.0 Å². The Morgan fingerprint density at radius 1 is 1.15 bits per heavy atom. The number of ether oxygens (including phenoxy) is 2. The van der Waals surface area contributed by atoms with Crippen LogP contribution in [0.25, 0.3) is 0 Å². The fourth-order valence-corrected chi connectivity index (χ4v) is 2.02. The molecule has 4 nitrogen and oxygen atoms in total. The van der Waals surface area contributed by atoms with Gasteiger partial charge in [-0.3, -0.25) is 4.79 Å². The Morgan fingerprint density at radius 3 is 2.35 bits per heavy atom. The number of carbonyl (C=O) groups excluding carboxylic acids is 1. The first-order valence-corrected chi connectivity index (χ1v) is 7.01. The Kier molecular flexibility index (Phi) is 4.45. The van der Waals surface area contributed by atoms with Crippen molar-refractivity contribution >= 4 is 5.91 Å². The zero-order chi connectivity index (χ0) is 14.6. The first kappa shape index (κ1) is 15.0. The Balaban J connectivity index is 1.77. The molecule has 0 spiro atoms. The van der Waals surface area contributed by atoms with Gasteiger partial charge in [0.2, 0.25) is 0 Å². The van der Waals surface area contributed by atoms with Gasteiger partial charge in [0.15, 0.2) is 5.79 Å². The van der Waals surface area contributed by atoms with Crippen LogP contribution in [0.4, 0.5) is 0 Å². The second-order valence-electron chi connectivity index (χ2n) is 6.25. The predicted octanol–water partition coefficient (Wildman–Crippen LogP) is 2.60. The summed E-state index contributed by atoms with van der Waals surface area (Å²) in [7, 11) is 0. The van der Waals surface area contributed by atoms with E-state index in [1.165, 1.54) is 0 Å². The number of hydrogen-bond donors (Lipinski definition) is 1. The molecule has 0 unspecified atom stereocenters. The summed E-state index contributed by atoms with van der Waals surface area (Å²) in [6.07, 6.45) is 0.641. The summed E-state index contributed by atoms with van der Waals surface area (Å²) < 4.78 is 11.6. The average Bonchev–Trinajstić information content (AvgIpc) is 2.44. The zero-order valence-corrected chi connectivity index (χ0v) is 12.4. The molecule has 0 aromatic heterocycles. The molecule has 1 aromatic rings. The summed E-state index contributed by atoms with van der Waals surface area (Å²) in [6, 6.07) is 9.20. The molecule has 1 heterocycles. The van der Waals surface area contributed by atoms with E-state index in [0.717, 1.165) is 0 Å². The maximum atomic E-state index is 11.9. The van der Waals surface area contributed by atoms with Gasteiger partial charge < -0.3 is 14.8 Å². The molecule has 1 aliphatic rings. The minimum atomic E-state index is -0.598. The van der Waals surface area contributed by atoms with Gasteiger partial charge in [-0.2, -0.15) is 0 Å². The van der Waals surface area contributed by atoms with E-state index < -0.39 is 5.79 Å². The van der Waals surface area contributed by atoms with Crippen molar-refractivity contribution in [2.24, 2.45) is 5.41 Å². The van der Waals surface area contributed by atoms with Crippen molar-refractivity contribution in [3.8, 4) is 0 Å². The second-order valence-corrected chi connectivity index (χ2v) is 6.25. The Labute approximate surface area is 120 Å². The van der Waals surface area contributed by atoms with Crippen molar-refractivity contribution in [3.63, 3.8) is 0 Å². The number of hydrogen-bond acceptors (Lipinski definition) is 3. The number of amides is 1. The standard InChI is InChI=1S/C16H23NO3/c1-15(2)11-19-16(3,20-12-15)9-10-17-14(18)13-7-5-4-6-8-13/h4-8H,9-12H2,1-3H3,(H,17,18). The molecule has 1 N–H and O–H groups in total. The van der Waals surface area contributed by atoms with Crippen molar-refractivity contribution in [3.05, 3.63) is 35.9 Å².